The van der Waals surface area contributed by atoms with Crippen LogP contribution in [0.25, 0.3) is 17.4 Å². The van der Waals surface area contributed by atoms with Gasteiger partial charge in [0, 0.05) is 18.2 Å². The van der Waals surface area contributed by atoms with Crippen LogP contribution in [0.2, 0.25) is 5.02 Å². The number of benzene rings is 2. The van der Waals surface area contributed by atoms with Gasteiger partial charge in [0.2, 0.25) is 0 Å². The highest BCUT2D eigenvalue weighted by Gasteiger charge is 2.32. The van der Waals surface area contributed by atoms with Gasteiger partial charge in [-0.15, -0.1) is 6.42 Å². The van der Waals surface area contributed by atoms with Gasteiger partial charge >= 0.3 is 5.97 Å². The molecule has 0 unspecified atom stereocenters. The van der Waals surface area contributed by atoms with E-state index in [4.69, 9.17) is 44.1 Å². The van der Waals surface area contributed by atoms with Crippen LogP contribution in [-0.2, 0) is 16.0 Å². The van der Waals surface area contributed by atoms with Gasteiger partial charge in [-0.25, -0.2) is 4.79 Å². The second-order valence-corrected chi connectivity index (χ2v) is 10.1. The first-order valence-electron chi connectivity index (χ1n) is 11.5. The molecule has 0 atom stereocenters. The van der Waals surface area contributed by atoms with Gasteiger partial charge in [0.15, 0.2) is 0 Å². The summed E-state index contributed by atoms with van der Waals surface area (Å²) in [5.41, 5.74) is 1.59. The van der Waals surface area contributed by atoms with E-state index in [0.29, 0.717) is 52.5 Å². The predicted octanol–water partition coefficient (Wildman–Crippen LogP) is 5.77. The van der Waals surface area contributed by atoms with Crippen LogP contribution in [0.4, 0.5) is 0 Å². The summed E-state index contributed by atoms with van der Waals surface area (Å²) in [5, 5.41) is 9.44. The van der Waals surface area contributed by atoms with Gasteiger partial charge in [-0.1, -0.05) is 53.6 Å². The van der Waals surface area contributed by atoms with Crippen LogP contribution in [-0.4, -0.2) is 52.6 Å². The number of hydrogen-bond acceptors (Lipinski definition) is 7. The number of aromatic carboxylic acids is 1. The van der Waals surface area contributed by atoms with E-state index >= 15 is 0 Å². The van der Waals surface area contributed by atoms with Gasteiger partial charge in [-0.2, -0.15) is 0 Å². The molecular weight excluding hydrogens is 546 g/mol. The first-order valence-corrected chi connectivity index (χ1v) is 13.1. The Kier molecular flexibility index (Phi) is 9.26. The first kappa shape index (κ1) is 27.5. The number of terminal acetylenes is 1. The van der Waals surface area contributed by atoms with Crippen molar-refractivity contribution in [3.05, 3.63) is 81.4 Å². The van der Waals surface area contributed by atoms with Crippen molar-refractivity contribution in [3.63, 3.8) is 0 Å². The van der Waals surface area contributed by atoms with Crippen LogP contribution in [0.3, 0.4) is 0 Å². The third kappa shape index (κ3) is 6.85. The van der Waals surface area contributed by atoms with Gasteiger partial charge in [-0.05, 0) is 54.4 Å². The fourth-order valence-electron chi connectivity index (χ4n) is 3.59. The summed E-state index contributed by atoms with van der Waals surface area (Å²) in [6.45, 7) is 1.52. The fraction of sp³-hybridized carbons (Fsp3) is 0.179. The Hall–Kier alpha value is -3.55. The zero-order chi connectivity index (χ0) is 27.1. The molecule has 1 aliphatic rings. The van der Waals surface area contributed by atoms with Crippen molar-refractivity contribution in [2.75, 3.05) is 26.4 Å². The summed E-state index contributed by atoms with van der Waals surface area (Å²) in [4.78, 5) is 26.4. The summed E-state index contributed by atoms with van der Waals surface area (Å²) >= 11 is 12.6. The lowest BCUT2D eigenvalue weighted by atomic mass is 10.1. The monoisotopic (exact) mass is 567 g/mol. The minimum Gasteiger partial charge on any atom is -0.491 e. The van der Waals surface area contributed by atoms with Crippen LogP contribution < -0.4 is 4.74 Å². The summed E-state index contributed by atoms with van der Waals surface area (Å²) < 4.78 is 17.1. The molecule has 38 heavy (non-hydrogen) atoms. The normalized spacial score (nSPS) is 14.2. The van der Waals surface area contributed by atoms with Crippen LogP contribution >= 0.6 is 35.6 Å². The largest absolute Gasteiger partial charge is 0.491 e. The summed E-state index contributed by atoms with van der Waals surface area (Å²) in [7, 11) is 0. The first-order chi connectivity index (χ1) is 18.4. The molecule has 1 saturated heterocycles. The Morgan fingerprint density at radius 2 is 1.97 bits per heavy atom. The highest BCUT2D eigenvalue weighted by atomic mass is 35.5. The number of amides is 1. The third-order valence-electron chi connectivity index (χ3n) is 5.48. The SMILES string of the molecule is C#CCOCCOc1ccc(CCN2C(=O)/C(=C/c3ccc(-c4ccc(Cl)c(C(=O)O)c4)o3)SC2=S)cc1. The summed E-state index contributed by atoms with van der Waals surface area (Å²) in [6, 6.07) is 15.7. The number of thiocarbonyl (C=S) groups is 1. The number of carbonyl (C=O) groups is 2. The van der Waals surface area contributed by atoms with Crippen LogP contribution in [0.1, 0.15) is 21.7 Å². The number of hydrogen-bond donors (Lipinski definition) is 1. The zero-order valence-electron chi connectivity index (χ0n) is 20.0. The van der Waals surface area contributed by atoms with E-state index < -0.39 is 5.97 Å². The standard InChI is InChI=1S/C28H22ClNO6S2/c1-2-13-34-14-15-35-20-6-3-18(4-7-20)11-12-30-26(31)25(38-28(30)37)17-21-8-10-24(36-21)19-5-9-23(29)22(16-19)27(32)33/h1,3-10,16-17H,11-15H2,(H,32,33)/b25-17-. The minimum atomic E-state index is -1.13. The maximum atomic E-state index is 13.0. The number of ether oxygens (including phenoxy) is 2. The number of thioether (sulfide) groups is 1. The van der Waals surface area contributed by atoms with Crippen LogP contribution in [0.15, 0.2) is 63.9 Å². The molecule has 3 aromatic rings. The minimum absolute atomic E-state index is 0.0177. The smallest absolute Gasteiger partial charge is 0.337 e. The number of furan rings is 1. The second-order valence-electron chi connectivity index (χ2n) is 8.03. The van der Waals surface area contributed by atoms with E-state index in [1.807, 2.05) is 24.3 Å². The molecule has 2 heterocycles. The molecule has 2 aromatic carbocycles. The highest BCUT2D eigenvalue weighted by Crippen LogP contribution is 2.34. The highest BCUT2D eigenvalue weighted by molar-refractivity contribution is 8.26. The quantitative estimate of drug-likeness (QED) is 0.135. The lowest BCUT2D eigenvalue weighted by Crippen LogP contribution is -2.30. The third-order valence-corrected chi connectivity index (χ3v) is 7.19. The molecule has 4 rings (SSSR count). The number of halogens is 1. The molecule has 0 aliphatic carbocycles. The van der Waals surface area contributed by atoms with Crippen molar-refractivity contribution in [1.82, 2.24) is 4.90 Å². The Balaban J connectivity index is 1.35. The van der Waals surface area contributed by atoms with Gasteiger partial charge in [0.05, 0.1) is 22.1 Å². The summed E-state index contributed by atoms with van der Waals surface area (Å²) in [6.07, 6.45) is 7.39. The lowest BCUT2D eigenvalue weighted by Gasteiger charge is -2.14. The number of carboxylic acids is 1. The Labute approximate surface area is 234 Å². The second kappa shape index (κ2) is 12.8. The van der Waals surface area contributed by atoms with E-state index in [0.717, 1.165) is 11.3 Å². The Bertz CT molecular complexity index is 1420. The molecular formula is C28H22ClNO6S2. The average molecular weight is 568 g/mol. The average Bonchev–Trinajstić information content (AvgIpc) is 3.47. The zero-order valence-corrected chi connectivity index (χ0v) is 22.4. The molecule has 1 N–H and O–H groups in total. The number of nitrogens with zero attached hydrogens (tertiary/aromatic N) is 1. The summed E-state index contributed by atoms with van der Waals surface area (Å²) in [5.74, 6) is 2.72. The van der Waals surface area contributed by atoms with E-state index in [1.54, 1.807) is 29.2 Å². The number of carboxylic acid groups (broad SMARTS) is 1. The molecule has 1 amide bonds. The van der Waals surface area contributed by atoms with Gasteiger partial charge in [0.1, 0.15) is 34.8 Å². The molecule has 0 saturated carbocycles. The molecule has 1 aromatic heterocycles. The number of carbonyl (C=O) groups excluding carboxylic acids is 1. The van der Waals surface area contributed by atoms with E-state index in [-0.39, 0.29) is 23.1 Å². The van der Waals surface area contributed by atoms with E-state index in [1.165, 1.54) is 23.9 Å². The fourth-order valence-corrected chi connectivity index (χ4v) is 5.08. The van der Waals surface area contributed by atoms with Crippen molar-refractivity contribution < 1.29 is 28.6 Å². The van der Waals surface area contributed by atoms with Crippen molar-refractivity contribution in [2.45, 2.75) is 6.42 Å². The van der Waals surface area contributed by atoms with Crippen LogP contribution in [0, 0.1) is 12.3 Å². The van der Waals surface area contributed by atoms with Crippen LogP contribution in [0.5, 0.6) is 5.75 Å². The van der Waals surface area contributed by atoms with Crippen molar-refractivity contribution in [1.29, 1.82) is 0 Å². The molecule has 10 heteroatoms. The van der Waals surface area contributed by atoms with Gasteiger partial charge in [0.25, 0.3) is 5.91 Å². The Morgan fingerprint density at radius 1 is 1.18 bits per heavy atom. The van der Waals surface area contributed by atoms with Crippen molar-refractivity contribution in [2.24, 2.45) is 0 Å². The maximum Gasteiger partial charge on any atom is 0.337 e. The van der Waals surface area contributed by atoms with Crippen molar-refractivity contribution >= 4 is 57.9 Å². The topological polar surface area (TPSA) is 89.2 Å². The predicted molar refractivity (Wildman–Crippen MR) is 151 cm³/mol. The van der Waals surface area contributed by atoms with E-state index in [2.05, 4.69) is 5.92 Å². The Morgan fingerprint density at radius 3 is 2.71 bits per heavy atom. The lowest BCUT2D eigenvalue weighted by molar-refractivity contribution is -0.122. The maximum absolute atomic E-state index is 13.0. The molecule has 1 aliphatic heterocycles. The molecule has 194 valence electrons. The molecule has 0 spiro atoms. The molecule has 0 radical (unpaired) electrons. The molecule has 0 bridgehead atoms. The van der Waals surface area contributed by atoms with Gasteiger partial charge in [-0.3, -0.25) is 9.69 Å². The molecule has 1 fully saturated rings. The molecule has 7 nitrogen and oxygen atoms in total. The van der Waals surface area contributed by atoms with E-state index in [9.17, 15) is 14.7 Å². The van der Waals surface area contributed by atoms with Crippen molar-refractivity contribution in [3.8, 4) is 29.4 Å². The number of rotatable bonds is 11. The van der Waals surface area contributed by atoms with Gasteiger partial charge < -0.3 is 19.0 Å².